The van der Waals surface area contributed by atoms with Gasteiger partial charge in [-0.15, -0.1) is 0 Å². The lowest BCUT2D eigenvalue weighted by Crippen LogP contribution is -2.60. The minimum atomic E-state index is -3.26. The minimum Gasteiger partial charge on any atom is -0.393 e. The third-order valence-electron chi connectivity index (χ3n) is 6.51. The monoisotopic (exact) mass is 407 g/mol. The number of nitrogens with zero attached hydrogens (tertiary/aromatic N) is 1. The van der Waals surface area contributed by atoms with E-state index in [9.17, 15) is 18.3 Å². The standard InChI is InChI=1S/C20H29N3O4S/c1-28(26,27)18-7-3-14(4-8-18)20(9-2-10-21-13-20)22-19(25)23-15-5-6-16(23)12-17(24)11-15/h3-4,7-8,15-17,21,24H,2,5-6,9-13H2,1H3,(H,22,25)/t15?,16?,17?,20-/m1/s1. The lowest BCUT2D eigenvalue weighted by molar-refractivity contribution is 0.0506. The molecule has 3 N–H and O–H groups in total. The third kappa shape index (κ3) is 3.65. The molecule has 2 amide bonds. The van der Waals surface area contributed by atoms with E-state index in [2.05, 4.69) is 10.6 Å². The third-order valence-corrected chi connectivity index (χ3v) is 7.64. The predicted octanol–water partition coefficient (Wildman–Crippen LogP) is 1.37. The van der Waals surface area contributed by atoms with Crippen LogP contribution in [0.25, 0.3) is 0 Å². The number of rotatable bonds is 3. The zero-order valence-corrected chi connectivity index (χ0v) is 17.0. The average Bonchev–Trinajstić information content (AvgIpc) is 2.93. The van der Waals surface area contributed by atoms with Crippen molar-refractivity contribution in [1.29, 1.82) is 0 Å². The highest BCUT2D eigenvalue weighted by molar-refractivity contribution is 7.90. The van der Waals surface area contributed by atoms with Crippen molar-refractivity contribution in [3.63, 3.8) is 0 Å². The molecule has 154 valence electrons. The van der Waals surface area contributed by atoms with Crippen LogP contribution in [-0.2, 0) is 15.4 Å². The van der Waals surface area contributed by atoms with E-state index in [-0.39, 0.29) is 29.1 Å². The molecule has 2 bridgehead atoms. The Bertz CT molecular complexity index is 820. The molecular formula is C20H29N3O4S. The van der Waals surface area contributed by atoms with Crippen LogP contribution in [-0.4, -0.2) is 62.0 Å². The summed E-state index contributed by atoms with van der Waals surface area (Å²) < 4.78 is 23.6. The molecular weight excluding hydrogens is 378 g/mol. The molecule has 4 rings (SSSR count). The van der Waals surface area contributed by atoms with Gasteiger partial charge in [0.2, 0.25) is 0 Å². The van der Waals surface area contributed by atoms with Crippen molar-refractivity contribution >= 4 is 15.9 Å². The van der Waals surface area contributed by atoms with Crippen LogP contribution < -0.4 is 10.6 Å². The lowest BCUT2D eigenvalue weighted by atomic mass is 9.83. The average molecular weight is 408 g/mol. The first-order chi connectivity index (χ1) is 13.3. The maximum atomic E-state index is 13.2. The Balaban J connectivity index is 1.59. The smallest absolute Gasteiger partial charge is 0.318 e. The number of amides is 2. The minimum absolute atomic E-state index is 0.0738. The van der Waals surface area contributed by atoms with Crippen LogP contribution in [0.5, 0.6) is 0 Å². The number of carbonyl (C=O) groups excluding carboxylic acids is 1. The molecule has 0 aliphatic carbocycles. The molecule has 3 fully saturated rings. The molecule has 3 saturated heterocycles. The Hall–Kier alpha value is -1.64. The van der Waals surface area contributed by atoms with Crippen LogP contribution in [0.15, 0.2) is 29.2 Å². The summed E-state index contributed by atoms with van der Waals surface area (Å²) in [7, 11) is -3.26. The highest BCUT2D eigenvalue weighted by Gasteiger charge is 2.45. The maximum Gasteiger partial charge on any atom is 0.318 e. The highest BCUT2D eigenvalue weighted by Crippen LogP contribution is 2.37. The van der Waals surface area contributed by atoms with Crippen LogP contribution in [0.2, 0.25) is 0 Å². The molecule has 3 aliphatic heterocycles. The van der Waals surface area contributed by atoms with E-state index in [0.717, 1.165) is 37.8 Å². The van der Waals surface area contributed by atoms with Crippen molar-refractivity contribution in [2.24, 2.45) is 0 Å². The number of fused-ring (bicyclic) bond motifs is 2. The van der Waals surface area contributed by atoms with E-state index in [1.165, 1.54) is 6.26 Å². The number of carbonyl (C=O) groups is 1. The van der Waals surface area contributed by atoms with Gasteiger partial charge in [-0.1, -0.05) is 12.1 Å². The first-order valence-corrected chi connectivity index (χ1v) is 12.0. The number of urea groups is 1. The van der Waals surface area contributed by atoms with Gasteiger partial charge in [0.1, 0.15) is 0 Å². The molecule has 2 unspecified atom stereocenters. The van der Waals surface area contributed by atoms with Gasteiger partial charge in [0.15, 0.2) is 9.84 Å². The molecule has 7 nitrogen and oxygen atoms in total. The highest BCUT2D eigenvalue weighted by atomic mass is 32.2. The first-order valence-electron chi connectivity index (χ1n) is 10.1. The van der Waals surface area contributed by atoms with Crippen LogP contribution >= 0.6 is 0 Å². The van der Waals surface area contributed by atoms with Crippen molar-refractivity contribution < 1.29 is 18.3 Å². The summed E-state index contributed by atoms with van der Waals surface area (Å²) in [6.07, 6.45) is 5.82. The molecule has 28 heavy (non-hydrogen) atoms. The van der Waals surface area contributed by atoms with E-state index in [1.54, 1.807) is 12.1 Å². The van der Waals surface area contributed by atoms with E-state index >= 15 is 0 Å². The fraction of sp³-hybridized carbons (Fsp3) is 0.650. The molecule has 3 aliphatic rings. The summed E-state index contributed by atoms with van der Waals surface area (Å²) in [6, 6.07) is 7.01. The molecule has 3 atom stereocenters. The molecule has 8 heteroatoms. The molecule has 1 aromatic rings. The van der Waals surface area contributed by atoms with Crippen molar-refractivity contribution in [3.05, 3.63) is 29.8 Å². The molecule has 1 aromatic carbocycles. The van der Waals surface area contributed by atoms with E-state index < -0.39 is 15.4 Å². The molecule has 0 radical (unpaired) electrons. The number of benzene rings is 1. The maximum absolute atomic E-state index is 13.2. The normalized spacial score (nSPS) is 32.9. The topological polar surface area (TPSA) is 98.7 Å². The summed E-state index contributed by atoms with van der Waals surface area (Å²) in [5.41, 5.74) is 0.366. The Morgan fingerprint density at radius 2 is 1.86 bits per heavy atom. The van der Waals surface area contributed by atoms with Gasteiger partial charge >= 0.3 is 6.03 Å². The Kier molecular flexibility index (Phi) is 5.14. The summed E-state index contributed by atoms with van der Waals surface area (Å²) >= 11 is 0. The summed E-state index contributed by atoms with van der Waals surface area (Å²) in [5, 5.41) is 16.7. The predicted molar refractivity (Wildman–Crippen MR) is 106 cm³/mol. The lowest BCUT2D eigenvalue weighted by Gasteiger charge is -2.43. The van der Waals surface area contributed by atoms with Crippen molar-refractivity contribution in [3.8, 4) is 0 Å². The van der Waals surface area contributed by atoms with E-state index in [4.69, 9.17) is 0 Å². The molecule has 3 heterocycles. The quantitative estimate of drug-likeness (QED) is 0.703. The van der Waals surface area contributed by atoms with Gasteiger partial charge in [-0.05, 0) is 62.8 Å². The number of aliphatic hydroxyl groups is 1. The number of sulfone groups is 1. The number of hydrogen-bond acceptors (Lipinski definition) is 5. The SMILES string of the molecule is CS(=O)(=O)c1ccc([C@@]2(NC(=O)N3C4CCC3CC(O)C4)CCCNC2)cc1. The van der Waals surface area contributed by atoms with Gasteiger partial charge < -0.3 is 20.6 Å². The van der Waals surface area contributed by atoms with Gasteiger partial charge in [0.05, 0.1) is 16.5 Å². The number of nitrogens with one attached hydrogen (secondary N) is 2. The Labute approximate surface area is 166 Å². The number of piperidine rings is 2. The summed E-state index contributed by atoms with van der Waals surface area (Å²) in [6.45, 7) is 1.52. The summed E-state index contributed by atoms with van der Waals surface area (Å²) in [4.78, 5) is 15.5. The van der Waals surface area contributed by atoms with Gasteiger partial charge in [-0.25, -0.2) is 13.2 Å². The number of aliphatic hydroxyl groups excluding tert-OH is 1. The molecule has 0 aromatic heterocycles. The fourth-order valence-corrected chi connectivity index (χ4v) is 5.73. The van der Waals surface area contributed by atoms with Crippen LogP contribution in [0.4, 0.5) is 4.79 Å². The summed E-state index contributed by atoms with van der Waals surface area (Å²) in [5.74, 6) is 0. The van der Waals surface area contributed by atoms with Crippen LogP contribution in [0.1, 0.15) is 44.1 Å². The fourth-order valence-electron chi connectivity index (χ4n) is 5.10. The zero-order valence-electron chi connectivity index (χ0n) is 16.2. The van der Waals surface area contributed by atoms with Crippen molar-refractivity contribution in [1.82, 2.24) is 15.5 Å². The van der Waals surface area contributed by atoms with E-state index in [0.29, 0.717) is 19.4 Å². The van der Waals surface area contributed by atoms with Gasteiger partial charge in [-0.3, -0.25) is 0 Å². The van der Waals surface area contributed by atoms with Crippen molar-refractivity contribution in [2.45, 2.75) is 67.1 Å². The first kappa shape index (κ1) is 19.7. The Morgan fingerprint density at radius 3 is 2.39 bits per heavy atom. The second-order valence-corrected chi connectivity index (χ2v) is 10.5. The van der Waals surface area contributed by atoms with Gasteiger partial charge in [0, 0.05) is 24.9 Å². The second kappa shape index (κ2) is 7.31. The van der Waals surface area contributed by atoms with Crippen molar-refractivity contribution in [2.75, 3.05) is 19.3 Å². The van der Waals surface area contributed by atoms with Gasteiger partial charge in [-0.2, -0.15) is 0 Å². The molecule has 0 saturated carbocycles. The second-order valence-electron chi connectivity index (χ2n) is 8.51. The van der Waals surface area contributed by atoms with Gasteiger partial charge in [0.25, 0.3) is 0 Å². The Morgan fingerprint density at radius 1 is 1.21 bits per heavy atom. The zero-order chi connectivity index (χ0) is 19.9. The van der Waals surface area contributed by atoms with Crippen LogP contribution in [0.3, 0.4) is 0 Å². The number of hydrogen-bond donors (Lipinski definition) is 3. The molecule has 0 spiro atoms. The van der Waals surface area contributed by atoms with E-state index in [1.807, 2.05) is 17.0 Å². The largest absolute Gasteiger partial charge is 0.393 e. The van der Waals surface area contributed by atoms with Crippen LogP contribution in [0, 0.1) is 0 Å².